The molecule has 1 atom stereocenters. The second-order valence-electron chi connectivity index (χ2n) is 6.08. The fourth-order valence-corrected chi connectivity index (χ4v) is 2.37. The van der Waals surface area contributed by atoms with Crippen LogP contribution < -0.4 is 10.6 Å². The molecule has 3 rings (SSSR count). The van der Waals surface area contributed by atoms with Crippen LogP contribution in [-0.2, 0) is 9.53 Å². The molecule has 1 fully saturated rings. The molecule has 7 nitrogen and oxygen atoms in total. The number of nitrogens with zero attached hydrogens (tertiary/aromatic N) is 1. The van der Waals surface area contributed by atoms with Gasteiger partial charge in [-0.1, -0.05) is 18.2 Å². The lowest BCUT2D eigenvalue weighted by Crippen LogP contribution is -2.40. The van der Waals surface area contributed by atoms with Gasteiger partial charge in [-0.2, -0.15) is 5.10 Å². The molecule has 1 aliphatic carbocycles. The monoisotopic (exact) mass is 330 g/mol. The van der Waals surface area contributed by atoms with Gasteiger partial charge in [0.25, 0.3) is 5.91 Å². The number of ether oxygens (including phenoxy) is 1. The Morgan fingerprint density at radius 2 is 2.04 bits per heavy atom. The third kappa shape index (κ3) is 4.11. The zero-order valence-corrected chi connectivity index (χ0v) is 13.7. The van der Waals surface area contributed by atoms with Crippen LogP contribution in [0.1, 0.15) is 30.3 Å². The van der Waals surface area contributed by atoms with Crippen molar-refractivity contribution in [3.63, 3.8) is 0 Å². The minimum atomic E-state index is -0.461. The second-order valence-corrected chi connectivity index (χ2v) is 6.08. The third-order valence-electron chi connectivity index (χ3n) is 4.04. The van der Waals surface area contributed by atoms with Crippen LogP contribution in [0.4, 0.5) is 0 Å². The van der Waals surface area contributed by atoms with E-state index >= 15 is 0 Å². The molecule has 1 aromatic heterocycles. The third-order valence-corrected chi connectivity index (χ3v) is 4.04. The van der Waals surface area contributed by atoms with Gasteiger partial charge in [0, 0.05) is 18.5 Å². The maximum absolute atomic E-state index is 12.2. The first kappa shape index (κ1) is 16.4. The van der Waals surface area contributed by atoms with Crippen molar-refractivity contribution in [1.29, 1.82) is 0 Å². The molecule has 1 aliphatic rings. The molecule has 0 aliphatic heterocycles. The highest BCUT2D eigenvalue weighted by Crippen LogP contribution is 2.29. The summed E-state index contributed by atoms with van der Waals surface area (Å²) >= 11 is 0. The van der Waals surface area contributed by atoms with Crippen LogP contribution in [0.5, 0.6) is 0 Å². The largest absolute Gasteiger partial charge is 0.368 e. The van der Waals surface area contributed by atoms with Crippen LogP contribution in [0, 0.1) is 5.92 Å². The van der Waals surface area contributed by atoms with Crippen molar-refractivity contribution >= 4 is 22.7 Å². The summed E-state index contributed by atoms with van der Waals surface area (Å²) < 4.78 is 5.50. The van der Waals surface area contributed by atoms with Crippen molar-refractivity contribution in [3.05, 3.63) is 30.0 Å². The molecule has 7 heteroatoms. The van der Waals surface area contributed by atoms with Gasteiger partial charge in [0.05, 0.1) is 12.1 Å². The number of aromatic amines is 1. The van der Waals surface area contributed by atoms with E-state index in [4.69, 9.17) is 4.74 Å². The second kappa shape index (κ2) is 7.44. The van der Waals surface area contributed by atoms with E-state index in [1.165, 1.54) is 12.8 Å². The molecular formula is C17H22N4O3. The topological polar surface area (TPSA) is 96.1 Å². The molecule has 3 N–H and O–H groups in total. The van der Waals surface area contributed by atoms with Gasteiger partial charge in [0.15, 0.2) is 5.69 Å². The van der Waals surface area contributed by atoms with Crippen LogP contribution in [0.2, 0.25) is 0 Å². The Labute approximate surface area is 140 Å². The number of benzene rings is 1. The summed E-state index contributed by atoms with van der Waals surface area (Å²) in [6, 6.07) is 7.44. The number of fused-ring (bicyclic) bond motifs is 1. The molecule has 0 spiro atoms. The molecule has 1 heterocycles. The Morgan fingerprint density at radius 3 is 2.83 bits per heavy atom. The lowest BCUT2D eigenvalue weighted by molar-refractivity contribution is -0.131. The van der Waals surface area contributed by atoms with E-state index in [2.05, 4.69) is 20.8 Å². The minimum Gasteiger partial charge on any atom is -0.368 e. The molecule has 0 bridgehead atoms. The average Bonchev–Trinajstić information content (AvgIpc) is 3.33. The van der Waals surface area contributed by atoms with Gasteiger partial charge in [-0.3, -0.25) is 14.7 Å². The van der Waals surface area contributed by atoms with Gasteiger partial charge in [-0.15, -0.1) is 0 Å². The summed E-state index contributed by atoms with van der Waals surface area (Å²) in [5.74, 6) is 0.207. The smallest absolute Gasteiger partial charge is 0.272 e. The van der Waals surface area contributed by atoms with E-state index < -0.39 is 6.10 Å². The van der Waals surface area contributed by atoms with Crippen molar-refractivity contribution in [2.75, 3.05) is 19.7 Å². The molecule has 128 valence electrons. The first-order valence-corrected chi connectivity index (χ1v) is 8.26. The molecular weight excluding hydrogens is 308 g/mol. The van der Waals surface area contributed by atoms with Crippen molar-refractivity contribution < 1.29 is 14.3 Å². The zero-order chi connectivity index (χ0) is 16.9. The lowest BCUT2D eigenvalue weighted by Gasteiger charge is -2.13. The van der Waals surface area contributed by atoms with Gasteiger partial charge in [-0.05, 0) is 31.7 Å². The van der Waals surface area contributed by atoms with Crippen LogP contribution in [0.25, 0.3) is 10.9 Å². The highest BCUT2D eigenvalue weighted by Gasteiger charge is 2.23. The Bertz CT molecular complexity index is 723. The maximum atomic E-state index is 12.2. The van der Waals surface area contributed by atoms with Gasteiger partial charge < -0.3 is 15.4 Å². The van der Waals surface area contributed by atoms with Crippen molar-refractivity contribution in [1.82, 2.24) is 20.8 Å². The lowest BCUT2D eigenvalue weighted by atomic mass is 10.2. The van der Waals surface area contributed by atoms with Gasteiger partial charge in [-0.25, -0.2) is 0 Å². The van der Waals surface area contributed by atoms with Crippen molar-refractivity contribution in [2.24, 2.45) is 5.92 Å². The summed E-state index contributed by atoms with van der Waals surface area (Å²) in [5, 5.41) is 13.2. The molecule has 0 unspecified atom stereocenters. The Kier molecular flexibility index (Phi) is 5.10. The molecule has 1 aromatic carbocycles. The predicted octanol–water partition coefficient (Wildman–Crippen LogP) is 1.22. The predicted molar refractivity (Wildman–Crippen MR) is 89.6 cm³/mol. The zero-order valence-electron chi connectivity index (χ0n) is 13.7. The molecule has 0 radical (unpaired) electrons. The Balaban J connectivity index is 1.39. The van der Waals surface area contributed by atoms with E-state index in [-0.39, 0.29) is 11.8 Å². The van der Waals surface area contributed by atoms with Crippen molar-refractivity contribution in [2.45, 2.75) is 25.9 Å². The quantitative estimate of drug-likeness (QED) is 0.634. The van der Waals surface area contributed by atoms with E-state index in [0.717, 1.165) is 10.9 Å². The first-order valence-electron chi connectivity index (χ1n) is 8.26. The highest BCUT2D eigenvalue weighted by molar-refractivity contribution is 6.04. The fraction of sp³-hybridized carbons (Fsp3) is 0.471. The van der Waals surface area contributed by atoms with Gasteiger partial charge in [0.2, 0.25) is 5.91 Å². The molecule has 2 aromatic rings. The number of nitrogens with one attached hydrogen (secondary N) is 3. The summed E-state index contributed by atoms with van der Waals surface area (Å²) in [7, 11) is 0. The van der Waals surface area contributed by atoms with E-state index in [9.17, 15) is 9.59 Å². The molecule has 2 amide bonds. The fourth-order valence-electron chi connectivity index (χ4n) is 2.37. The number of amides is 2. The number of H-pyrrole nitrogens is 1. The average molecular weight is 330 g/mol. The summed E-state index contributed by atoms with van der Waals surface area (Å²) in [4.78, 5) is 24.0. The van der Waals surface area contributed by atoms with Crippen LogP contribution in [-0.4, -0.2) is 47.8 Å². The number of aromatic nitrogens is 2. The van der Waals surface area contributed by atoms with E-state index in [1.807, 2.05) is 24.3 Å². The summed E-state index contributed by atoms with van der Waals surface area (Å²) in [6.07, 6.45) is 1.93. The van der Waals surface area contributed by atoms with Gasteiger partial charge in [0.1, 0.15) is 6.10 Å². The molecule has 0 saturated heterocycles. The Hall–Kier alpha value is -2.41. The number of para-hydroxylation sites is 1. The van der Waals surface area contributed by atoms with Crippen LogP contribution >= 0.6 is 0 Å². The van der Waals surface area contributed by atoms with Crippen molar-refractivity contribution in [3.8, 4) is 0 Å². The normalized spacial score (nSPS) is 15.2. The number of carbonyl (C=O) groups excluding carboxylic acids is 2. The van der Waals surface area contributed by atoms with E-state index in [1.54, 1.807) is 6.92 Å². The van der Waals surface area contributed by atoms with Crippen LogP contribution in [0.15, 0.2) is 24.3 Å². The maximum Gasteiger partial charge on any atom is 0.272 e. The number of rotatable bonds is 8. The number of hydrogen-bond donors (Lipinski definition) is 3. The number of carbonyl (C=O) groups is 2. The Morgan fingerprint density at radius 1 is 1.29 bits per heavy atom. The van der Waals surface area contributed by atoms with Gasteiger partial charge >= 0.3 is 0 Å². The SMILES string of the molecule is C[C@@H](OCC1CC1)C(=O)NCCNC(=O)c1n[nH]c2ccccc12. The molecule has 24 heavy (non-hydrogen) atoms. The first-order chi connectivity index (χ1) is 11.6. The summed E-state index contributed by atoms with van der Waals surface area (Å²) in [5.41, 5.74) is 1.18. The minimum absolute atomic E-state index is 0.157. The standard InChI is InChI=1S/C17H22N4O3/c1-11(24-10-12-6-7-12)16(22)18-8-9-19-17(23)15-13-4-2-3-5-14(13)20-21-15/h2-5,11-12H,6-10H2,1H3,(H,18,22)(H,19,23)(H,20,21)/t11-/m1/s1. The highest BCUT2D eigenvalue weighted by atomic mass is 16.5. The summed E-state index contributed by atoms with van der Waals surface area (Å²) in [6.45, 7) is 3.08. The molecule has 1 saturated carbocycles. The number of hydrogen-bond acceptors (Lipinski definition) is 4. The van der Waals surface area contributed by atoms with E-state index in [0.29, 0.717) is 31.3 Å². The van der Waals surface area contributed by atoms with Crippen LogP contribution in [0.3, 0.4) is 0 Å².